The van der Waals surface area contributed by atoms with E-state index in [1.807, 2.05) is 0 Å². The van der Waals surface area contributed by atoms with E-state index in [2.05, 4.69) is 11.6 Å². The minimum absolute atomic E-state index is 0.0336. The van der Waals surface area contributed by atoms with Gasteiger partial charge in [0.2, 0.25) is 10.0 Å². The van der Waals surface area contributed by atoms with Gasteiger partial charge in [0.05, 0.1) is 19.9 Å². The summed E-state index contributed by atoms with van der Waals surface area (Å²) in [6.07, 6.45) is 2.36. The summed E-state index contributed by atoms with van der Waals surface area (Å²) in [7, 11) is -0.781. The average molecular weight is 314 g/mol. The molecule has 0 radical (unpaired) electrons. The highest BCUT2D eigenvalue weighted by molar-refractivity contribution is 7.89. The SMILES string of the molecule is COc1cc(OC)c(S(=O)(=O)NCC(C)C2CC2)cc1N. The van der Waals surface area contributed by atoms with Crippen molar-refractivity contribution in [1.82, 2.24) is 4.72 Å². The number of hydrogen-bond donors (Lipinski definition) is 2. The van der Waals surface area contributed by atoms with Gasteiger partial charge in [-0.05, 0) is 30.7 Å². The monoisotopic (exact) mass is 314 g/mol. The zero-order valence-electron chi connectivity index (χ0n) is 12.5. The molecule has 21 heavy (non-hydrogen) atoms. The Morgan fingerprint density at radius 3 is 2.43 bits per heavy atom. The molecule has 1 unspecified atom stereocenters. The first-order valence-electron chi connectivity index (χ1n) is 6.90. The van der Waals surface area contributed by atoms with Crippen molar-refractivity contribution in [2.24, 2.45) is 11.8 Å². The van der Waals surface area contributed by atoms with Crippen LogP contribution in [0.4, 0.5) is 5.69 Å². The van der Waals surface area contributed by atoms with Crippen LogP contribution in [-0.4, -0.2) is 29.2 Å². The maximum Gasteiger partial charge on any atom is 0.244 e. The molecule has 0 bridgehead atoms. The third-order valence-electron chi connectivity index (χ3n) is 3.83. The molecule has 0 heterocycles. The van der Waals surface area contributed by atoms with Crippen LogP contribution in [0.1, 0.15) is 19.8 Å². The summed E-state index contributed by atoms with van der Waals surface area (Å²) in [5.41, 5.74) is 6.05. The van der Waals surface area contributed by atoms with Crippen molar-refractivity contribution in [2.75, 3.05) is 26.5 Å². The van der Waals surface area contributed by atoms with Crippen molar-refractivity contribution >= 4 is 15.7 Å². The molecule has 1 aromatic rings. The Morgan fingerprint density at radius 1 is 1.29 bits per heavy atom. The molecule has 0 saturated heterocycles. The fraction of sp³-hybridized carbons (Fsp3) is 0.571. The predicted molar refractivity (Wildman–Crippen MR) is 81.0 cm³/mol. The van der Waals surface area contributed by atoms with Crippen LogP contribution in [0.5, 0.6) is 11.5 Å². The van der Waals surface area contributed by atoms with Crippen LogP contribution in [0.25, 0.3) is 0 Å². The van der Waals surface area contributed by atoms with Gasteiger partial charge in [-0.25, -0.2) is 13.1 Å². The summed E-state index contributed by atoms with van der Waals surface area (Å²) in [6.45, 7) is 2.47. The van der Waals surface area contributed by atoms with Crippen LogP contribution in [0.3, 0.4) is 0 Å². The fourth-order valence-corrected chi connectivity index (χ4v) is 3.58. The first-order valence-corrected chi connectivity index (χ1v) is 8.38. The van der Waals surface area contributed by atoms with E-state index in [1.165, 1.54) is 39.2 Å². The third kappa shape index (κ3) is 3.59. The van der Waals surface area contributed by atoms with E-state index in [-0.39, 0.29) is 16.3 Å². The maximum absolute atomic E-state index is 12.4. The lowest BCUT2D eigenvalue weighted by molar-refractivity contribution is 0.387. The number of nitrogens with two attached hydrogens (primary N) is 1. The number of nitrogen functional groups attached to an aromatic ring is 1. The Kier molecular flexibility index (Phi) is 4.63. The Labute approximate surface area is 125 Å². The molecule has 1 aliphatic rings. The molecule has 1 aliphatic carbocycles. The van der Waals surface area contributed by atoms with Gasteiger partial charge < -0.3 is 15.2 Å². The molecule has 0 aromatic heterocycles. The Balaban J connectivity index is 2.23. The molecular weight excluding hydrogens is 292 g/mol. The van der Waals surface area contributed by atoms with E-state index in [0.29, 0.717) is 24.1 Å². The molecule has 118 valence electrons. The minimum atomic E-state index is -3.66. The first-order chi connectivity index (χ1) is 9.89. The zero-order valence-corrected chi connectivity index (χ0v) is 13.4. The molecule has 1 fully saturated rings. The lowest BCUT2D eigenvalue weighted by Crippen LogP contribution is -2.29. The summed E-state index contributed by atoms with van der Waals surface area (Å²) >= 11 is 0. The van der Waals surface area contributed by atoms with Crippen molar-refractivity contribution in [3.8, 4) is 11.5 Å². The van der Waals surface area contributed by atoms with E-state index >= 15 is 0 Å². The first kappa shape index (κ1) is 15.9. The second-order valence-electron chi connectivity index (χ2n) is 5.41. The van der Waals surface area contributed by atoms with Crippen LogP contribution >= 0.6 is 0 Å². The molecule has 1 atom stereocenters. The van der Waals surface area contributed by atoms with Crippen LogP contribution in [0, 0.1) is 11.8 Å². The van der Waals surface area contributed by atoms with E-state index < -0.39 is 10.0 Å². The minimum Gasteiger partial charge on any atom is -0.495 e. The molecule has 1 aromatic carbocycles. The van der Waals surface area contributed by atoms with Gasteiger partial charge in [-0.2, -0.15) is 0 Å². The maximum atomic E-state index is 12.4. The summed E-state index contributed by atoms with van der Waals surface area (Å²) in [4.78, 5) is 0.0336. The van der Waals surface area contributed by atoms with Gasteiger partial charge >= 0.3 is 0 Å². The van der Waals surface area contributed by atoms with Crippen molar-refractivity contribution < 1.29 is 17.9 Å². The average Bonchev–Trinajstić information content (AvgIpc) is 3.29. The number of benzene rings is 1. The second kappa shape index (κ2) is 6.11. The Bertz CT molecular complexity index is 612. The molecule has 0 amide bonds. The van der Waals surface area contributed by atoms with Crippen molar-refractivity contribution in [2.45, 2.75) is 24.7 Å². The van der Waals surface area contributed by atoms with E-state index in [0.717, 1.165) is 0 Å². The van der Waals surface area contributed by atoms with Crippen LogP contribution in [0.15, 0.2) is 17.0 Å². The summed E-state index contributed by atoms with van der Waals surface area (Å²) in [6, 6.07) is 2.84. The Morgan fingerprint density at radius 2 is 1.90 bits per heavy atom. The molecule has 0 aliphatic heterocycles. The van der Waals surface area contributed by atoms with Gasteiger partial charge in [-0.15, -0.1) is 0 Å². The number of anilines is 1. The summed E-state index contributed by atoms with van der Waals surface area (Å²) < 4.78 is 37.7. The number of sulfonamides is 1. The second-order valence-corrected chi connectivity index (χ2v) is 7.15. The third-order valence-corrected chi connectivity index (χ3v) is 5.27. The Hall–Kier alpha value is -1.47. The number of nitrogens with one attached hydrogen (secondary N) is 1. The zero-order chi connectivity index (χ0) is 15.6. The number of ether oxygens (including phenoxy) is 2. The standard InChI is InChI=1S/C14H22N2O4S/c1-9(10-4-5-10)8-16-21(17,18)14-6-11(15)12(19-2)7-13(14)20-3/h6-7,9-10,16H,4-5,8,15H2,1-3H3. The van der Waals surface area contributed by atoms with Gasteiger partial charge in [0.1, 0.15) is 16.4 Å². The van der Waals surface area contributed by atoms with Gasteiger partial charge in [-0.1, -0.05) is 6.92 Å². The summed E-state index contributed by atoms with van der Waals surface area (Å²) in [5.74, 6) is 1.57. The highest BCUT2D eigenvalue weighted by Gasteiger charge is 2.29. The largest absolute Gasteiger partial charge is 0.495 e. The lowest BCUT2D eigenvalue weighted by Gasteiger charge is -2.15. The fourth-order valence-electron chi connectivity index (χ4n) is 2.25. The van der Waals surface area contributed by atoms with Gasteiger partial charge in [-0.3, -0.25) is 0 Å². The highest BCUT2D eigenvalue weighted by Crippen LogP contribution is 2.37. The van der Waals surface area contributed by atoms with Crippen molar-refractivity contribution in [3.63, 3.8) is 0 Å². The lowest BCUT2D eigenvalue weighted by atomic mass is 10.1. The smallest absolute Gasteiger partial charge is 0.244 e. The van der Waals surface area contributed by atoms with E-state index in [1.54, 1.807) is 0 Å². The van der Waals surface area contributed by atoms with Crippen LogP contribution in [-0.2, 0) is 10.0 Å². The van der Waals surface area contributed by atoms with Gasteiger partial charge in [0.25, 0.3) is 0 Å². The highest BCUT2D eigenvalue weighted by atomic mass is 32.2. The predicted octanol–water partition coefficient (Wildman–Crippen LogP) is 1.61. The molecule has 2 rings (SSSR count). The van der Waals surface area contributed by atoms with Crippen LogP contribution in [0.2, 0.25) is 0 Å². The number of hydrogen-bond acceptors (Lipinski definition) is 5. The van der Waals surface area contributed by atoms with Gasteiger partial charge in [0, 0.05) is 12.6 Å². The molecule has 7 heteroatoms. The number of methoxy groups -OCH3 is 2. The molecular formula is C14H22N2O4S. The molecule has 0 spiro atoms. The van der Waals surface area contributed by atoms with E-state index in [4.69, 9.17) is 15.2 Å². The van der Waals surface area contributed by atoms with Crippen molar-refractivity contribution in [3.05, 3.63) is 12.1 Å². The molecule has 1 saturated carbocycles. The normalized spacial score (nSPS) is 16.5. The van der Waals surface area contributed by atoms with Crippen molar-refractivity contribution in [1.29, 1.82) is 0 Å². The van der Waals surface area contributed by atoms with E-state index in [9.17, 15) is 8.42 Å². The number of rotatable bonds is 7. The quantitative estimate of drug-likeness (QED) is 0.746. The summed E-state index contributed by atoms with van der Waals surface area (Å²) in [5, 5.41) is 0. The molecule has 6 nitrogen and oxygen atoms in total. The van der Waals surface area contributed by atoms with Gasteiger partial charge in [0.15, 0.2) is 0 Å². The van der Waals surface area contributed by atoms with Crippen LogP contribution < -0.4 is 19.9 Å². The molecule has 3 N–H and O–H groups in total. The topological polar surface area (TPSA) is 90.6 Å².